The van der Waals surface area contributed by atoms with E-state index in [-0.39, 0.29) is 27.4 Å². The van der Waals surface area contributed by atoms with Crippen LogP contribution in [0.15, 0.2) is 72.3 Å². The molecule has 0 aromatic heterocycles. The van der Waals surface area contributed by atoms with Crippen LogP contribution in [0, 0.1) is 15.9 Å². The van der Waals surface area contributed by atoms with Gasteiger partial charge in [-0.1, -0.05) is 35.9 Å². The number of nitro benzene ring substituents is 1. The van der Waals surface area contributed by atoms with Gasteiger partial charge in [-0.2, -0.15) is 0 Å². The Kier molecular flexibility index (Phi) is 5.57. The van der Waals surface area contributed by atoms with Crippen molar-refractivity contribution in [2.24, 2.45) is 0 Å². The van der Waals surface area contributed by atoms with Crippen LogP contribution in [0.4, 0.5) is 15.8 Å². The maximum Gasteiger partial charge on any atom is 0.311 e. The van der Waals surface area contributed by atoms with Crippen molar-refractivity contribution in [2.45, 2.75) is 6.04 Å². The molecule has 1 heterocycles. The number of aliphatic hydroxyl groups is 1. The van der Waals surface area contributed by atoms with Gasteiger partial charge in [-0.25, -0.2) is 4.39 Å². The van der Waals surface area contributed by atoms with E-state index < -0.39 is 45.7 Å². The van der Waals surface area contributed by atoms with Gasteiger partial charge in [0.15, 0.2) is 5.75 Å². The standard InChI is InChI=1S/C23H14ClFN2O6/c24-14-4-1-3-13(9-14)21(29)19-20(12-7-8-18(28)17(10-12)27(32)33)26(23(31)22(19)30)16-6-2-5-15(25)11-16/h1-11,20,28-29H/b21-19-. The summed E-state index contributed by atoms with van der Waals surface area (Å²) in [4.78, 5) is 37.5. The molecule has 1 unspecified atom stereocenters. The Morgan fingerprint density at radius 2 is 1.79 bits per heavy atom. The summed E-state index contributed by atoms with van der Waals surface area (Å²) in [5.41, 5.74) is -0.848. The third kappa shape index (κ3) is 3.90. The number of amides is 1. The fraction of sp³-hybridized carbons (Fsp3) is 0.0435. The molecule has 3 aromatic rings. The molecule has 0 saturated carbocycles. The molecule has 0 bridgehead atoms. The van der Waals surface area contributed by atoms with Gasteiger partial charge in [0, 0.05) is 22.3 Å². The lowest BCUT2D eigenvalue weighted by atomic mass is 9.94. The van der Waals surface area contributed by atoms with Gasteiger partial charge in [0.1, 0.15) is 11.6 Å². The molecule has 3 aromatic carbocycles. The van der Waals surface area contributed by atoms with E-state index in [0.717, 1.165) is 29.2 Å². The van der Waals surface area contributed by atoms with Crippen LogP contribution in [0.2, 0.25) is 5.02 Å². The van der Waals surface area contributed by atoms with Crippen LogP contribution in [0.5, 0.6) is 5.75 Å². The number of aliphatic hydroxyl groups excluding tert-OH is 1. The Morgan fingerprint density at radius 3 is 2.45 bits per heavy atom. The highest BCUT2D eigenvalue weighted by Crippen LogP contribution is 2.44. The summed E-state index contributed by atoms with van der Waals surface area (Å²) < 4.78 is 13.9. The van der Waals surface area contributed by atoms with Gasteiger partial charge in [0.05, 0.1) is 16.5 Å². The average Bonchev–Trinajstić information content (AvgIpc) is 3.04. The Morgan fingerprint density at radius 1 is 1.06 bits per heavy atom. The predicted octanol–water partition coefficient (Wildman–Crippen LogP) is 4.72. The van der Waals surface area contributed by atoms with Crippen LogP contribution in [-0.4, -0.2) is 26.8 Å². The Hall–Kier alpha value is -4.24. The van der Waals surface area contributed by atoms with Gasteiger partial charge in [-0.3, -0.25) is 24.6 Å². The highest BCUT2D eigenvalue weighted by atomic mass is 35.5. The van der Waals surface area contributed by atoms with E-state index in [1.807, 2.05) is 0 Å². The first-order chi connectivity index (χ1) is 15.7. The first-order valence-corrected chi connectivity index (χ1v) is 9.86. The van der Waals surface area contributed by atoms with Crippen molar-refractivity contribution in [1.82, 2.24) is 0 Å². The highest BCUT2D eigenvalue weighted by Gasteiger charge is 2.47. The van der Waals surface area contributed by atoms with Gasteiger partial charge >= 0.3 is 5.69 Å². The summed E-state index contributed by atoms with van der Waals surface area (Å²) in [6, 6.07) is 12.8. The van der Waals surface area contributed by atoms with Gasteiger partial charge in [-0.15, -0.1) is 0 Å². The second kappa shape index (κ2) is 8.36. The number of nitro groups is 1. The van der Waals surface area contributed by atoms with E-state index in [4.69, 9.17) is 11.6 Å². The molecular weight excluding hydrogens is 455 g/mol. The fourth-order valence-electron chi connectivity index (χ4n) is 3.69. The molecule has 1 atom stereocenters. The fourth-order valence-corrected chi connectivity index (χ4v) is 3.88. The average molecular weight is 469 g/mol. The van der Waals surface area contributed by atoms with Crippen molar-refractivity contribution in [3.8, 4) is 5.75 Å². The highest BCUT2D eigenvalue weighted by molar-refractivity contribution is 6.51. The minimum Gasteiger partial charge on any atom is -0.507 e. The lowest BCUT2D eigenvalue weighted by Crippen LogP contribution is -2.29. The lowest BCUT2D eigenvalue weighted by molar-refractivity contribution is -0.385. The normalized spacial score (nSPS) is 17.4. The third-order valence-corrected chi connectivity index (χ3v) is 5.38. The van der Waals surface area contributed by atoms with Crippen LogP contribution in [0.1, 0.15) is 17.2 Å². The van der Waals surface area contributed by atoms with Crippen LogP contribution >= 0.6 is 11.6 Å². The van der Waals surface area contributed by atoms with Crippen LogP contribution in [-0.2, 0) is 9.59 Å². The first kappa shape index (κ1) is 22.0. The number of carbonyl (C=O) groups is 2. The van der Waals surface area contributed by atoms with Crippen LogP contribution in [0.3, 0.4) is 0 Å². The van der Waals surface area contributed by atoms with E-state index in [1.54, 1.807) is 6.07 Å². The summed E-state index contributed by atoms with van der Waals surface area (Å²) in [5, 5.41) is 32.4. The number of hydrogen-bond donors (Lipinski definition) is 2. The minimum absolute atomic E-state index is 0.00275. The monoisotopic (exact) mass is 468 g/mol. The maximum absolute atomic E-state index is 13.9. The molecule has 0 spiro atoms. The molecule has 0 radical (unpaired) electrons. The number of halogens is 2. The van der Waals surface area contributed by atoms with Crippen molar-refractivity contribution in [1.29, 1.82) is 0 Å². The van der Waals surface area contributed by atoms with E-state index in [0.29, 0.717) is 0 Å². The van der Waals surface area contributed by atoms with Crippen molar-refractivity contribution in [2.75, 3.05) is 4.90 Å². The van der Waals surface area contributed by atoms with Gasteiger partial charge < -0.3 is 10.2 Å². The molecule has 10 heteroatoms. The number of rotatable bonds is 4. The summed E-state index contributed by atoms with van der Waals surface area (Å²) in [6.45, 7) is 0. The van der Waals surface area contributed by atoms with Gasteiger partial charge in [-0.05, 0) is 42.0 Å². The number of benzene rings is 3. The van der Waals surface area contributed by atoms with Crippen molar-refractivity contribution < 1.29 is 29.1 Å². The smallest absolute Gasteiger partial charge is 0.311 e. The molecule has 1 aliphatic heterocycles. The quantitative estimate of drug-likeness (QED) is 0.188. The third-order valence-electron chi connectivity index (χ3n) is 5.14. The predicted molar refractivity (Wildman–Crippen MR) is 117 cm³/mol. The zero-order chi connectivity index (χ0) is 23.9. The second-order valence-electron chi connectivity index (χ2n) is 7.16. The number of Topliss-reactive ketones (excluding diaryl/α,β-unsaturated/α-hetero) is 1. The zero-order valence-corrected chi connectivity index (χ0v) is 17.4. The first-order valence-electron chi connectivity index (χ1n) is 9.49. The van der Waals surface area contributed by atoms with E-state index in [1.165, 1.54) is 36.4 Å². The second-order valence-corrected chi connectivity index (χ2v) is 7.60. The number of phenols is 1. The number of aromatic hydroxyl groups is 1. The van der Waals surface area contributed by atoms with Crippen LogP contribution in [0.25, 0.3) is 5.76 Å². The number of phenolic OH excluding ortho intramolecular Hbond substituents is 1. The molecule has 2 N–H and O–H groups in total. The minimum atomic E-state index is -1.34. The number of anilines is 1. The van der Waals surface area contributed by atoms with Crippen molar-refractivity contribution >= 4 is 40.4 Å². The summed E-state index contributed by atoms with van der Waals surface area (Å²) >= 11 is 5.99. The largest absolute Gasteiger partial charge is 0.507 e. The molecule has 1 fully saturated rings. The van der Waals surface area contributed by atoms with E-state index >= 15 is 0 Å². The Labute approximate surface area is 190 Å². The van der Waals surface area contributed by atoms with Crippen molar-refractivity contribution in [3.05, 3.63) is 104 Å². The molecule has 8 nitrogen and oxygen atoms in total. The molecule has 1 aliphatic rings. The molecular formula is C23H14ClFN2O6. The topological polar surface area (TPSA) is 121 Å². The number of nitrogens with zero attached hydrogens (tertiary/aromatic N) is 2. The molecule has 166 valence electrons. The summed E-state index contributed by atoms with van der Waals surface area (Å²) in [5.74, 6) is -4.00. The summed E-state index contributed by atoms with van der Waals surface area (Å²) in [7, 11) is 0. The SMILES string of the molecule is O=C1C(=O)N(c2cccc(F)c2)C(c2ccc(O)c([N+](=O)[O-])c2)/C1=C(/O)c1cccc(Cl)c1. The van der Waals surface area contributed by atoms with Crippen LogP contribution < -0.4 is 4.90 Å². The Balaban J connectivity index is 2.00. The molecule has 4 rings (SSSR count). The van der Waals surface area contributed by atoms with E-state index in [9.17, 15) is 34.3 Å². The number of carbonyl (C=O) groups excluding carboxylic acids is 2. The molecule has 1 saturated heterocycles. The molecule has 33 heavy (non-hydrogen) atoms. The maximum atomic E-state index is 13.9. The van der Waals surface area contributed by atoms with Crippen molar-refractivity contribution in [3.63, 3.8) is 0 Å². The number of ketones is 1. The molecule has 0 aliphatic carbocycles. The Bertz CT molecular complexity index is 1360. The van der Waals surface area contributed by atoms with Gasteiger partial charge in [0.25, 0.3) is 11.7 Å². The number of hydrogen-bond acceptors (Lipinski definition) is 6. The van der Waals surface area contributed by atoms with E-state index in [2.05, 4.69) is 0 Å². The lowest BCUT2D eigenvalue weighted by Gasteiger charge is -2.25. The summed E-state index contributed by atoms with van der Waals surface area (Å²) in [6.07, 6.45) is 0. The van der Waals surface area contributed by atoms with Gasteiger partial charge in [0.2, 0.25) is 0 Å². The molecule has 1 amide bonds. The zero-order valence-electron chi connectivity index (χ0n) is 16.6.